The van der Waals surface area contributed by atoms with Gasteiger partial charge in [-0.05, 0) is 54.4 Å². The van der Waals surface area contributed by atoms with E-state index in [4.69, 9.17) is 9.47 Å². The average Bonchev–Trinajstić information content (AvgIpc) is 2.68. The van der Waals surface area contributed by atoms with Gasteiger partial charge in [0, 0.05) is 6.54 Å². The van der Waals surface area contributed by atoms with E-state index >= 15 is 0 Å². The van der Waals surface area contributed by atoms with E-state index < -0.39 is 10.0 Å². The fraction of sp³-hybridized carbons (Fsp3) is 0.238. The Morgan fingerprint density at radius 3 is 2.26 bits per heavy atom. The Labute approximate surface area is 160 Å². The van der Waals surface area contributed by atoms with Crippen molar-refractivity contribution in [1.82, 2.24) is 4.72 Å². The number of hydrogen-bond acceptors (Lipinski definition) is 4. The number of hydrogen-bond donors (Lipinski definition) is 1. The minimum atomic E-state index is -3.62. The van der Waals surface area contributed by atoms with Gasteiger partial charge in [0.2, 0.25) is 10.0 Å². The molecule has 0 bridgehead atoms. The summed E-state index contributed by atoms with van der Waals surface area (Å²) in [5.74, 6) is 1.27. The van der Waals surface area contributed by atoms with Crippen LogP contribution < -0.4 is 14.2 Å². The van der Waals surface area contributed by atoms with Crippen LogP contribution in [0, 0.1) is 0 Å². The van der Waals surface area contributed by atoms with Gasteiger partial charge < -0.3 is 9.47 Å². The first kappa shape index (κ1) is 19.2. The van der Waals surface area contributed by atoms with Crippen LogP contribution in [0.3, 0.4) is 0 Å². The van der Waals surface area contributed by atoms with Crippen LogP contribution in [-0.2, 0) is 16.6 Å². The standard InChI is InChI=1S/C21H23NO4S/c1-3-25-20-12-9-16(13-21(20)26-4-2)15-22-27(23,24)19-11-10-17-7-5-6-8-18(17)14-19/h5-14,22H,3-4,15H2,1-2H3. The van der Waals surface area contributed by atoms with Gasteiger partial charge in [0.1, 0.15) is 0 Å². The third-order valence-electron chi connectivity index (χ3n) is 4.11. The maximum atomic E-state index is 12.7. The van der Waals surface area contributed by atoms with Crippen LogP contribution in [0.25, 0.3) is 10.8 Å². The van der Waals surface area contributed by atoms with Crippen molar-refractivity contribution in [3.8, 4) is 11.5 Å². The van der Waals surface area contributed by atoms with E-state index in [9.17, 15) is 8.42 Å². The molecule has 0 saturated heterocycles. The van der Waals surface area contributed by atoms with Crippen molar-refractivity contribution in [2.75, 3.05) is 13.2 Å². The normalized spacial score (nSPS) is 11.5. The second-order valence-electron chi connectivity index (χ2n) is 5.98. The maximum absolute atomic E-state index is 12.7. The van der Waals surface area contributed by atoms with Crippen LogP contribution >= 0.6 is 0 Å². The van der Waals surface area contributed by atoms with Crippen LogP contribution in [0.4, 0.5) is 0 Å². The Balaban J connectivity index is 1.78. The van der Waals surface area contributed by atoms with Gasteiger partial charge in [-0.3, -0.25) is 0 Å². The molecule has 0 aliphatic rings. The molecule has 0 aliphatic carbocycles. The third kappa shape index (κ3) is 4.59. The summed E-state index contributed by atoms with van der Waals surface area (Å²) in [4.78, 5) is 0.247. The molecule has 1 N–H and O–H groups in total. The summed E-state index contributed by atoms with van der Waals surface area (Å²) in [6, 6.07) is 18.2. The molecule has 0 aromatic heterocycles. The molecule has 0 atom stereocenters. The summed E-state index contributed by atoms with van der Waals surface area (Å²) >= 11 is 0. The fourth-order valence-corrected chi connectivity index (χ4v) is 3.85. The van der Waals surface area contributed by atoms with Crippen LogP contribution in [0.5, 0.6) is 11.5 Å². The van der Waals surface area contributed by atoms with Crippen molar-refractivity contribution in [3.63, 3.8) is 0 Å². The van der Waals surface area contributed by atoms with Crippen molar-refractivity contribution in [2.45, 2.75) is 25.3 Å². The van der Waals surface area contributed by atoms with Crippen molar-refractivity contribution < 1.29 is 17.9 Å². The second kappa shape index (κ2) is 8.41. The third-order valence-corrected chi connectivity index (χ3v) is 5.50. The number of sulfonamides is 1. The highest BCUT2D eigenvalue weighted by Crippen LogP contribution is 2.28. The molecule has 3 aromatic carbocycles. The lowest BCUT2D eigenvalue weighted by molar-refractivity contribution is 0.287. The zero-order valence-electron chi connectivity index (χ0n) is 15.4. The molecule has 0 heterocycles. The van der Waals surface area contributed by atoms with Crippen LogP contribution in [0.1, 0.15) is 19.4 Å². The molecule has 5 nitrogen and oxygen atoms in total. The van der Waals surface area contributed by atoms with E-state index in [0.29, 0.717) is 24.7 Å². The molecule has 27 heavy (non-hydrogen) atoms. The van der Waals surface area contributed by atoms with Gasteiger partial charge in [0.25, 0.3) is 0 Å². The number of fused-ring (bicyclic) bond motifs is 1. The molecule has 6 heteroatoms. The van der Waals surface area contributed by atoms with E-state index in [2.05, 4.69) is 4.72 Å². The number of nitrogens with one attached hydrogen (secondary N) is 1. The van der Waals surface area contributed by atoms with E-state index in [1.807, 2.05) is 50.2 Å². The molecule has 3 aromatic rings. The Morgan fingerprint density at radius 2 is 1.52 bits per heavy atom. The first-order chi connectivity index (χ1) is 13.0. The van der Waals surface area contributed by atoms with Crippen LogP contribution in [-0.4, -0.2) is 21.6 Å². The van der Waals surface area contributed by atoms with Crippen molar-refractivity contribution >= 4 is 20.8 Å². The van der Waals surface area contributed by atoms with Crippen molar-refractivity contribution in [1.29, 1.82) is 0 Å². The lowest BCUT2D eigenvalue weighted by Gasteiger charge is -2.13. The second-order valence-corrected chi connectivity index (χ2v) is 7.75. The topological polar surface area (TPSA) is 64.6 Å². The molecule has 0 saturated carbocycles. The summed E-state index contributed by atoms with van der Waals surface area (Å²) in [5.41, 5.74) is 0.797. The number of rotatable bonds is 8. The Hall–Kier alpha value is -2.57. The van der Waals surface area contributed by atoms with Gasteiger partial charge in [0.15, 0.2) is 11.5 Å². The zero-order chi connectivity index (χ0) is 19.3. The molecule has 0 fully saturated rings. The minimum absolute atomic E-state index is 0.168. The van der Waals surface area contributed by atoms with Gasteiger partial charge in [-0.15, -0.1) is 0 Å². The van der Waals surface area contributed by atoms with E-state index in [1.54, 1.807) is 24.3 Å². The molecule has 0 aliphatic heterocycles. The van der Waals surface area contributed by atoms with Gasteiger partial charge in [0.05, 0.1) is 18.1 Å². The van der Waals surface area contributed by atoms with Crippen LogP contribution in [0.15, 0.2) is 65.6 Å². The summed E-state index contributed by atoms with van der Waals surface area (Å²) < 4.78 is 39.1. The molecule has 0 amide bonds. The Bertz CT molecular complexity index is 1030. The van der Waals surface area contributed by atoms with Gasteiger partial charge >= 0.3 is 0 Å². The van der Waals surface area contributed by atoms with Gasteiger partial charge in [-0.25, -0.2) is 13.1 Å². The minimum Gasteiger partial charge on any atom is -0.490 e. The first-order valence-electron chi connectivity index (χ1n) is 8.90. The molecule has 0 unspecified atom stereocenters. The molecule has 0 radical (unpaired) electrons. The molecule has 0 spiro atoms. The lowest BCUT2D eigenvalue weighted by Crippen LogP contribution is -2.23. The molecule has 142 valence electrons. The highest BCUT2D eigenvalue weighted by atomic mass is 32.2. The number of benzene rings is 3. The van der Waals surface area contributed by atoms with Gasteiger partial charge in [-0.1, -0.05) is 36.4 Å². The summed E-state index contributed by atoms with van der Waals surface area (Å²) in [6.45, 7) is 5.01. The summed E-state index contributed by atoms with van der Waals surface area (Å²) in [5, 5.41) is 1.89. The highest BCUT2D eigenvalue weighted by Gasteiger charge is 2.15. The summed E-state index contributed by atoms with van der Waals surface area (Å²) in [6.07, 6.45) is 0. The summed E-state index contributed by atoms with van der Waals surface area (Å²) in [7, 11) is -3.62. The predicted molar refractivity (Wildman–Crippen MR) is 107 cm³/mol. The van der Waals surface area contributed by atoms with Gasteiger partial charge in [-0.2, -0.15) is 0 Å². The first-order valence-corrected chi connectivity index (χ1v) is 10.4. The maximum Gasteiger partial charge on any atom is 0.240 e. The monoisotopic (exact) mass is 385 g/mol. The quantitative estimate of drug-likeness (QED) is 0.634. The average molecular weight is 385 g/mol. The largest absolute Gasteiger partial charge is 0.490 e. The molecular formula is C21H23NO4S. The Kier molecular flexibility index (Phi) is 5.98. The molecular weight excluding hydrogens is 362 g/mol. The smallest absolute Gasteiger partial charge is 0.240 e. The van der Waals surface area contributed by atoms with Crippen molar-refractivity contribution in [3.05, 3.63) is 66.2 Å². The SMILES string of the molecule is CCOc1ccc(CNS(=O)(=O)c2ccc3ccccc3c2)cc1OCC. The zero-order valence-corrected chi connectivity index (χ0v) is 16.3. The van der Waals surface area contributed by atoms with Crippen molar-refractivity contribution in [2.24, 2.45) is 0 Å². The predicted octanol–water partition coefficient (Wildman–Crippen LogP) is 4.12. The van der Waals surface area contributed by atoms with E-state index in [0.717, 1.165) is 16.3 Å². The molecule has 3 rings (SSSR count). The highest BCUT2D eigenvalue weighted by molar-refractivity contribution is 7.89. The van der Waals surface area contributed by atoms with E-state index in [1.165, 1.54) is 0 Å². The Morgan fingerprint density at radius 1 is 0.815 bits per heavy atom. The fourth-order valence-electron chi connectivity index (χ4n) is 2.80. The number of ether oxygens (including phenoxy) is 2. The van der Waals surface area contributed by atoms with Crippen LogP contribution in [0.2, 0.25) is 0 Å². The lowest BCUT2D eigenvalue weighted by atomic mass is 10.1. The van der Waals surface area contributed by atoms with E-state index in [-0.39, 0.29) is 11.4 Å².